The molecule has 1 heterocycles. The highest BCUT2D eigenvalue weighted by atomic mass is 35.5. The van der Waals surface area contributed by atoms with Crippen LogP contribution in [0.25, 0.3) is 0 Å². The lowest BCUT2D eigenvalue weighted by molar-refractivity contribution is -0.138. The molecule has 0 spiro atoms. The van der Waals surface area contributed by atoms with Gasteiger partial charge in [0.1, 0.15) is 0 Å². The molecule has 2 fully saturated rings. The zero-order chi connectivity index (χ0) is 15.2. The summed E-state index contributed by atoms with van der Waals surface area (Å²) in [6, 6.07) is 0.243. The number of likely N-dealkylation sites (tertiary alicyclic amines) is 1. The average Bonchev–Trinajstić information content (AvgIpc) is 2.52. The van der Waals surface area contributed by atoms with Gasteiger partial charge in [0.15, 0.2) is 0 Å². The van der Waals surface area contributed by atoms with Gasteiger partial charge in [-0.2, -0.15) is 0 Å². The van der Waals surface area contributed by atoms with Crippen molar-refractivity contribution >= 4 is 30.7 Å². The number of piperidine rings is 1. The van der Waals surface area contributed by atoms with E-state index in [9.17, 15) is 4.79 Å². The van der Waals surface area contributed by atoms with Crippen LogP contribution in [0.3, 0.4) is 0 Å². The SMILES string of the molecule is CCN(CC)CC1CCN(C(=O)C2CCCC(N)C2)CC1.Cl.Cl. The lowest BCUT2D eigenvalue weighted by Gasteiger charge is -2.37. The van der Waals surface area contributed by atoms with Gasteiger partial charge in [0.2, 0.25) is 5.91 Å². The van der Waals surface area contributed by atoms with Gasteiger partial charge in [-0.3, -0.25) is 4.79 Å². The van der Waals surface area contributed by atoms with Gasteiger partial charge in [-0.05, 0) is 51.1 Å². The van der Waals surface area contributed by atoms with Crippen LogP contribution in [0.4, 0.5) is 0 Å². The fourth-order valence-electron chi connectivity index (χ4n) is 3.89. The van der Waals surface area contributed by atoms with Gasteiger partial charge < -0.3 is 15.5 Å². The fourth-order valence-corrected chi connectivity index (χ4v) is 3.89. The molecular weight excluding hydrogens is 333 g/mol. The maximum Gasteiger partial charge on any atom is 0.225 e. The minimum atomic E-state index is 0. The quantitative estimate of drug-likeness (QED) is 0.812. The molecule has 0 aromatic rings. The van der Waals surface area contributed by atoms with E-state index < -0.39 is 0 Å². The largest absolute Gasteiger partial charge is 0.342 e. The summed E-state index contributed by atoms with van der Waals surface area (Å²) in [5, 5.41) is 0. The van der Waals surface area contributed by atoms with Crippen molar-refractivity contribution in [3.8, 4) is 0 Å². The first-order valence-electron chi connectivity index (χ1n) is 8.90. The van der Waals surface area contributed by atoms with Gasteiger partial charge in [0, 0.05) is 31.6 Å². The van der Waals surface area contributed by atoms with Gasteiger partial charge in [-0.25, -0.2) is 0 Å². The Kier molecular flexibility index (Phi) is 11.5. The maximum absolute atomic E-state index is 12.6. The van der Waals surface area contributed by atoms with Crippen LogP contribution in [0, 0.1) is 11.8 Å². The molecule has 138 valence electrons. The highest BCUT2D eigenvalue weighted by Gasteiger charge is 2.31. The molecule has 4 nitrogen and oxygen atoms in total. The van der Waals surface area contributed by atoms with E-state index in [1.54, 1.807) is 0 Å². The number of amides is 1. The van der Waals surface area contributed by atoms with Gasteiger partial charge in [-0.15, -0.1) is 24.8 Å². The molecule has 1 saturated heterocycles. The second-order valence-corrected chi connectivity index (χ2v) is 6.88. The molecule has 2 unspecified atom stereocenters. The topological polar surface area (TPSA) is 49.6 Å². The standard InChI is InChI=1S/C17H33N3O.2ClH/c1-3-19(4-2)13-14-8-10-20(11-9-14)17(21)15-6-5-7-16(18)12-15;;/h14-16H,3-13,18H2,1-2H3;2*1H. The Morgan fingerprint density at radius 3 is 2.22 bits per heavy atom. The van der Waals surface area contributed by atoms with Crippen molar-refractivity contribution in [3.63, 3.8) is 0 Å². The van der Waals surface area contributed by atoms with Crippen molar-refractivity contribution < 1.29 is 4.79 Å². The molecule has 23 heavy (non-hydrogen) atoms. The van der Waals surface area contributed by atoms with Crippen molar-refractivity contribution in [3.05, 3.63) is 0 Å². The van der Waals surface area contributed by atoms with Crippen LogP contribution in [-0.2, 0) is 4.79 Å². The Hall–Kier alpha value is -0.0300. The second kappa shape index (κ2) is 11.5. The molecule has 0 aromatic heterocycles. The van der Waals surface area contributed by atoms with Gasteiger partial charge in [0.05, 0.1) is 0 Å². The molecule has 1 amide bonds. The van der Waals surface area contributed by atoms with E-state index in [4.69, 9.17) is 5.73 Å². The summed E-state index contributed by atoms with van der Waals surface area (Å²) in [6.07, 6.45) is 6.50. The van der Waals surface area contributed by atoms with Crippen molar-refractivity contribution in [1.29, 1.82) is 0 Å². The van der Waals surface area contributed by atoms with Crippen molar-refractivity contribution in [1.82, 2.24) is 9.80 Å². The van der Waals surface area contributed by atoms with Crippen LogP contribution in [0.15, 0.2) is 0 Å². The van der Waals surface area contributed by atoms with E-state index in [2.05, 4.69) is 23.6 Å². The molecule has 1 saturated carbocycles. The molecule has 2 aliphatic rings. The Morgan fingerprint density at radius 1 is 1.09 bits per heavy atom. The average molecular weight is 368 g/mol. The number of nitrogens with zero attached hydrogens (tertiary/aromatic N) is 2. The lowest BCUT2D eigenvalue weighted by Crippen LogP contribution is -2.45. The molecule has 2 rings (SSSR count). The zero-order valence-corrected chi connectivity index (χ0v) is 16.3. The monoisotopic (exact) mass is 367 g/mol. The van der Waals surface area contributed by atoms with E-state index in [0.29, 0.717) is 5.91 Å². The van der Waals surface area contributed by atoms with Crippen LogP contribution in [0.2, 0.25) is 0 Å². The number of hydrogen-bond acceptors (Lipinski definition) is 3. The minimum Gasteiger partial charge on any atom is -0.342 e. The molecule has 1 aliphatic carbocycles. The van der Waals surface area contributed by atoms with Gasteiger partial charge >= 0.3 is 0 Å². The summed E-state index contributed by atoms with van der Waals surface area (Å²) in [5.41, 5.74) is 6.02. The van der Waals surface area contributed by atoms with Crippen LogP contribution >= 0.6 is 24.8 Å². The molecule has 0 radical (unpaired) electrons. The highest BCUT2D eigenvalue weighted by Crippen LogP contribution is 2.27. The molecule has 0 aromatic carbocycles. The predicted octanol–water partition coefficient (Wildman–Crippen LogP) is 2.93. The van der Waals surface area contributed by atoms with Crippen molar-refractivity contribution in [2.24, 2.45) is 17.6 Å². The predicted molar refractivity (Wildman–Crippen MR) is 102 cm³/mol. The summed E-state index contributed by atoms with van der Waals surface area (Å²) in [6.45, 7) is 9.84. The third kappa shape index (κ3) is 6.77. The smallest absolute Gasteiger partial charge is 0.225 e. The third-order valence-corrected chi connectivity index (χ3v) is 5.40. The molecular formula is C17H35Cl2N3O. The molecule has 0 bridgehead atoms. The number of hydrogen-bond donors (Lipinski definition) is 1. The molecule has 2 N–H and O–H groups in total. The summed E-state index contributed by atoms with van der Waals surface area (Å²) in [7, 11) is 0. The molecule has 1 aliphatic heterocycles. The number of halogens is 2. The first-order chi connectivity index (χ1) is 10.1. The fraction of sp³-hybridized carbons (Fsp3) is 0.941. The first kappa shape index (κ1) is 23.0. The van der Waals surface area contributed by atoms with Crippen LogP contribution in [0.5, 0.6) is 0 Å². The van der Waals surface area contributed by atoms with Crippen molar-refractivity contribution in [2.75, 3.05) is 32.7 Å². The van der Waals surface area contributed by atoms with E-state index in [1.807, 2.05) is 0 Å². The number of nitrogens with two attached hydrogens (primary N) is 1. The normalized spacial score (nSPS) is 25.7. The Balaban J connectivity index is 0.00000242. The van der Waals surface area contributed by atoms with Crippen LogP contribution < -0.4 is 5.73 Å². The van der Waals surface area contributed by atoms with E-state index in [1.165, 1.54) is 19.4 Å². The highest BCUT2D eigenvalue weighted by molar-refractivity contribution is 5.85. The van der Waals surface area contributed by atoms with Crippen LogP contribution in [-0.4, -0.2) is 54.5 Å². The van der Waals surface area contributed by atoms with E-state index in [-0.39, 0.29) is 36.8 Å². The number of carbonyl (C=O) groups is 1. The van der Waals surface area contributed by atoms with Crippen LogP contribution in [0.1, 0.15) is 52.4 Å². The third-order valence-electron chi connectivity index (χ3n) is 5.40. The molecule has 6 heteroatoms. The van der Waals surface area contributed by atoms with E-state index >= 15 is 0 Å². The lowest BCUT2D eigenvalue weighted by atomic mass is 9.84. The summed E-state index contributed by atoms with van der Waals surface area (Å²) in [5.74, 6) is 1.35. The minimum absolute atomic E-state index is 0. The van der Waals surface area contributed by atoms with Crippen molar-refractivity contribution in [2.45, 2.75) is 58.4 Å². The summed E-state index contributed by atoms with van der Waals surface area (Å²) < 4.78 is 0. The zero-order valence-electron chi connectivity index (χ0n) is 14.7. The second-order valence-electron chi connectivity index (χ2n) is 6.88. The van der Waals surface area contributed by atoms with Gasteiger partial charge in [0.25, 0.3) is 0 Å². The van der Waals surface area contributed by atoms with E-state index in [0.717, 1.165) is 57.8 Å². The van der Waals surface area contributed by atoms with Gasteiger partial charge in [-0.1, -0.05) is 20.3 Å². The first-order valence-corrected chi connectivity index (χ1v) is 8.90. The Morgan fingerprint density at radius 2 is 1.70 bits per heavy atom. The molecule has 2 atom stereocenters. The maximum atomic E-state index is 12.6. The number of rotatable bonds is 5. The summed E-state index contributed by atoms with van der Waals surface area (Å²) >= 11 is 0. The summed E-state index contributed by atoms with van der Waals surface area (Å²) in [4.78, 5) is 17.2. The Bertz CT molecular complexity index is 332. The Labute approximate surface area is 154 Å². The number of carbonyl (C=O) groups excluding carboxylic acids is 1.